The number of carbonyl (C=O) groups excluding carboxylic acids is 2. The van der Waals surface area contributed by atoms with Crippen LogP contribution in [0.15, 0.2) is 66.1 Å². The summed E-state index contributed by atoms with van der Waals surface area (Å²) in [5, 5.41) is 10.6. The Morgan fingerprint density at radius 2 is 1.79 bits per heavy atom. The van der Waals surface area contributed by atoms with E-state index in [-0.39, 0.29) is 23.8 Å². The van der Waals surface area contributed by atoms with Gasteiger partial charge in [-0.3, -0.25) is 14.6 Å². The first-order valence-electron chi connectivity index (χ1n) is 9.90. The van der Waals surface area contributed by atoms with Gasteiger partial charge in [0.1, 0.15) is 6.04 Å². The Kier molecular flexibility index (Phi) is 5.24. The van der Waals surface area contributed by atoms with Gasteiger partial charge in [-0.05, 0) is 37.0 Å². The predicted molar refractivity (Wildman–Crippen MR) is 106 cm³/mol. The minimum Gasteiger partial charge on any atom is -0.503 e. The number of amides is 1. The maximum absolute atomic E-state index is 13.1. The fourth-order valence-electron chi connectivity index (χ4n) is 4.33. The van der Waals surface area contributed by atoms with E-state index in [9.17, 15) is 14.7 Å². The molecular weight excluding hydrogens is 352 g/mol. The maximum atomic E-state index is 13.1. The Hall–Kier alpha value is -2.95. The van der Waals surface area contributed by atoms with Crippen molar-refractivity contribution < 1.29 is 14.7 Å². The Labute approximate surface area is 164 Å². The van der Waals surface area contributed by atoms with Crippen LogP contribution in [-0.2, 0) is 16.0 Å². The summed E-state index contributed by atoms with van der Waals surface area (Å²) in [6.07, 6.45) is 6.39. The Balaban J connectivity index is 1.64. The third-order valence-corrected chi connectivity index (χ3v) is 5.71. The molecule has 28 heavy (non-hydrogen) atoms. The zero-order chi connectivity index (χ0) is 19.5. The van der Waals surface area contributed by atoms with Gasteiger partial charge in [-0.15, -0.1) is 0 Å². The van der Waals surface area contributed by atoms with Crippen LogP contribution in [-0.4, -0.2) is 32.7 Å². The van der Waals surface area contributed by atoms with Crippen LogP contribution in [0.3, 0.4) is 0 Å². The van der Waals surface area contributed by atoms with E-state index in [1.807, 2.05) is 42.5 Å². The van der Waals surface area contributed by atoms with Gasteiger partial charge in [0.05, 0.1) is 11.3 Å². The van der Waals surface area contributed by atoms with Gasteiger partial charge in [-0.1, -0.05) is 49.2 Å². The molecule has 1 N–H and O–H groups in total. The standard InChI is InChI=1S/C23H24N2O3/c26-19(14-13-16-8-2-1-3-9-16)20-21(18-12-6-7-15-24-18)25(23(28)22(20)27)17-10-4-5-11-17/h1-3,6-9,12,15,17,21,27H,4-5,10-11,13-14H2. The van der Waals surface area contributed by atoms with Gasteiger partial charge in [0, 0.05) is 18.7 Å². The predicted octanol–water partition coefficient (Wildman–Crippen LogP) is 3.92. The van der Waals surface area contributed by atoms with Crippen molar-refractivity contribution in [3.8, 4) is 0 Å². The molecule has 1 saturated carbocycles. The summed E-state index contributed by atoms with van der Waals surface area (Å²) in [6, 6.07) is 14.7. The van der Waals surface area contributed by atoms with Crippen molar-refractivity contribution in [1.82, 2.24) is 9.88 Å². The van der Waals surface area contributed by atoms with Crippen LogP contribution in [0.5, 0.6) is 0 Å². The number of aliphatic hydroxyl groups is 1. The van der Waals surface area contributed by atoms with Gasteiger partial charge < -0.3 is 10.0 Å². The minimum atomic E-state index is -0.597. The quantitative estimate of drug-likeness (QED) is 0.829. The molecule has 1 atom stereocenters. The first-order chi connectivity index (χ1) is 13.7. The highest BCUT2D eigenvalue weighted by molar-refractivity contribution is 6.09. The number of Topliss-reactive ketones (excluding diaryl/α,β-unsaturated/α-hetero) is 1. The molecule has 0 spiro atoms. The molecule has 5 nitrogen and oxygen atoms in total. The van der Waals surface area contributed by atoms with Gasteiger partial charge >= 0.3 is 0 Å². The zero-order valence-corrected chi connectivity index (χ0v) is 15.8. The summed E-state index contributed by atoms with van der Waals surface area (Å²) in [5.41, 5.74) is 1.89. The number of carbonyl (C=O) groups is 2. The highest BCUT2D eigenvalue weighted by Gasteiger charge is 2.47. The fourth-order valence-corrected chi connectivity index (χ4v) is 4.33. The number of aromatic nitrogens is 1. The fraction of sp³-hybridized carbons (Fsp3) is 0.348. The van der Waals surface area contributed by atoms with Gasteiger partial charge in [0.15, 0.2) is 11.5 Å². The number of benzene rings is 1. The lowest BCUT2D eigenvalue weighted by Gasteiger charge is -2.31. The van der Waals surface area contributed by atoms with Gasteiger partial charge in [-0.25, -0.2) is 0 Å². The number of aryl methyl sites for hydroxylation is 1. The minimum absolute atomic E-state index is 0.0427. The Morgan fingerprint density at radius 3 is 2.46 bits per heavy atom. The lowest BCUT2D eigenvalue weighted by atomic mass is 9.95. The van der Waals surface area contributed by atoms with Crippen LogP contribution in [0.4, 0.5) is 0 Å². The third kappa shape index (κ3) is 3.44. The van der Waals surface area contributed by atoms with Crippen molar-refractivity contribution in [2.24, 2.45) is 0 Å². The monoisotopic (exact) mass is 376 g/mol. The summed E-state index contributed by atoms with van der Waals surface area (Å²) in [5.74, 6) is -1.03. The molecule has 2 aliphatic rings. The first kappa shape index (κ1) is 18.4. The second-order valence-corrected chi connectivity index (χ2v) is 7.48. The SMILES string of the molecule is O=C(CCc1ccccc1)C1=C(O)C(=O)N(C2CCCC2)C1c1ccccn1. The molecule has 0 bridgehead atoms. The van der Waals surface area contributed by atoms with Crippen LogP contribution in [0.2, 0.25) is 0 Å². The molecule has 1 amide bonds. The van der Waals surface area contributed by atoms with Crippen molar-refractivity contribution in [2.45, 2.75) is 50.6 Å². The topological polar surface area (TPSA) is 70.5 Å². The molecular formula is C23H24N2O3. The molecule has 5 heteroatoms. The second kappa shape index (κ2) is 7.97. The van der Waals surface area contributed by atoms with Crippen LogP contribution >= 0.6 is 0 Å². The molecule has 1 aromatic carbocycles. The molecule has 1 aliphatic heterocycles. The average molecular weight is 376 g/mol. The highest BCUT2D eigenvalue weighted by atomic mass is 16.3. The Morgan fingerprint density at radius 1 is 1.07 bits per heavy atom. The van der Waals surface area contributed by atoms with E-state index >= 15 is 0 Å². The van der Waals surface area contributed by atoms with E-state index < -0.39 is 17.7 Å². The van der Waals surface area contributed by atoms with Gasteiger partial charge in [-0.2, -0.15) is 0 Å². The van der Waals surface area contributed by atoms with Crippen LogP contribution in [0.1, 0.15) is 49.4 Å². The molecule has 2 heterocycles. The number of rotatable bonds is 6. The van der Waals surface area contributed by atoms with Crippen molar-refractivity contribution in [3.05, 3.63) is 77.3 Å². The van der Waals surface area contributed by atoms with E-state index in [4.69, 9.17) is 0 Å². The molecule has 0 radical (unpaired) electrons. The van der Waals surface area contributed by atoms with Gasteiger partial charge in [0.25, 0.3) is 5.91 Å². The Bertz CT molecular complexity index is 887. The zero-order valence-electron chi connectivity index (χ0n) is 15.8. The largest absolute Gasteiger partial charge is 0.503 e. The molecule has 144 valence electrons. The molecule has 2 aromatic rings. The number of hydrogen-bond acceptors (Lipinski definition) is 4. The summed E-state index contributed by atoms with van der Waals surface area (Å²) in [7, 11) is 0. The maximum Gasteiger partial charge on any atom is 0.290 e. The molecule has 1 aliphatic carbocycles. The van der Waals surface area contributed by atoms with Crippen molar-refractivity contribution in [3.63, 3.8) is 0 Å². The van der Waals surface area contributed by atoms with Crippen LogP contribution in [0.25, 0.3) is 0 Å². The number of nitrogens with zero attached hydrogens (tertiary/aromatic N) is 2. The normalized spacial score (nSPS) is 20.2. The highest BCUT2D eigenvalue weighted by Crippen LogP contribution is 2.42. The molecule has 4 rings (SSSR count). The number of aliphatic hydroxyl groups excluding tert-OH is 1. The summed E-state index contributed by atoms with van der Waals surface area (Å²) in [4.78, 5) is 32.1. The van der Waals surface area contributed by atoms with Crippen molar-refractivity contribution in [2.75, 3.05) is 0 Å². The average Bonchev–Trinajstić information content (AvgIpc) is 3.35. The van der Waals surface area contributed by atoms with Crippen LogP contribution in [0, 0.1) is 0 Å². The van der Waals surface area contributed by atoms with E-state index in [1.165, 1.54) is 0 Å². The van der Waals surface area contributed by atoms with E-state index in [0.717, 1.165) is 31.2 Å². The molecule has 1 aromatic heterocycles. The smallest absolute Gasteiger partial charge is 0.290 e. The number of ketones is 1. The van der Waals surface area contributed by atoms with Gasteiger partial charge in [0.2, 0.25) is 0 Å². The number of hydrogen-bond donors (Lipinski definition) is 1. The summed E-state index contributed by atoms with van der Waals surface area (Å²) >= 11 is 0. The lowest BCUT2D eigenvalue weighted by molar-refractivity contribution is -0.131. The molecule has 0 saturated heterocycles. The van der Waals surface area contributed by atoms with E-state index in [0.29, 0.717) is 12.1 Å². The van der Waals surface area contributed by atoms with Crippen molar-refractivity contribution in [1.29, 1.82) is 0 Å². The summed E-state index contributed by atoms with van der Waals surface area (Å²) < 4.78 is 0. The molecule has 1 fully saturated rings. The number of pyridine rings is 1. The van der Waals surface area contributed by atoms with E-state index in [2.05, 4.69) is 4.98 Å². The van der Waals surface area contributed by atoms with Crippen molar-refractivity contribution >= 4 is 11.7 Å². The third-order valence-electron chi connectivity index (χ3n) is 5.71. The second-order valence-electron chi connectivity index (χ2n) is 7.48. The molecule has 1 unspecified atom stereocenters. The van der Waals surface area contributed by atoms with Crippen LogP contribution < -0.4 is 0 Å². The summed E-state index contributed by atoms with van der Waals surface area (Å²) in [6.45, 7) is 0. The van der Waals surface area contributed by atoms with E-state index in [1.54, 1.807) is 17.2 Å². The lowest BCUT2D eigenvalue weighted by Crippen LogP contribution is -2.39. The first-order valence-corrected chi connectivity index (χ1v) is 9.90.